The summed E-state index contributed by atoms with van der Waals surface area (Å²) in [6, 6.07) is 6.21. The van der Waals surface area contributed by atoms with Gasteiger partial charge in [-0.2, -0.15) is 0 Å². The number of amides is 2. The van der Waals surface area contributed by atoms with Gasteiger partial charge in [0.1, 0.15) is 5.82 Å². The van der Waals surface area contributed by atoms with Crippen molar-refractivity contribution < 1.29 is 14.0 Å². The lowest BCUT2D eigenvalue weighted by molar-refractivity contribution is -0.128. The van der Waals surface area contributed by atoms with Gasteiger partial charge in [0.15, 0.2) is 0 Å². The monoisotopic (exact) mass is 276 g/mol. The van der Waals surface area contributed by atoms with Crippen molar-refractivity contribution in [3.63, 3.8) is 0 Å². The summed E-state index contributed by atoms with van der Waals surface area (Å²) in [5.74, 6) is -0.290. The molecule has 20 heavy (non-hydrogen) atoms. The smallest absolute Gasteiger partial charge is 0.225 e. The van der Waals surface area contributed by atoms with Gasteiger partial charge in [-0.3, -0.25) is 9.59 Å². The van der Waals surface area contributed by atoms with Crippen LogP contribution < -0.4 is 5.32 Å². The van der Waals surface area contributed by atoms with Crippen molar-refractivity contribution in [2.24, 2.45) is 0 Å². The summed E-state index contributed by atoms with van der Waals surface area (Å²) in [7, 11) is 0. The lowest BCUT2D eigenvalue weighted by atomic mass is 10.1. The van der Waals surface area contributed by atoms with Crippen molar-refractivity contribution in [3.05, 3.63) is 35.6 Å². The molecule has 1 aromatic rings. The van der Waals surface area contributed by atoms with E-state index in [9.17, 15) is 14.0 Å². The fourth-order valence-corrected chi connectivity index (χ4v) is 2.63. The summed E-state index contributed by atoms with van der Waals surface area (Å²) in [5, 5.41) is 2.89. The van der Waals surface area contributed by atoms with Crippen molar-refractivity contribution in [2.45, 2.75) is 37.8 Å². The normalized spacial score (nSPS) is 22.1. The summed E-state index contributed by atoms with van der Waals surface area (Å²) in [5.41, 5.74) is 0.771. The number of benzene rings is 1. The minimum atomic E-state index is -0.310. The van der Waals surface area contributed by atoms with Crippen LogP contribution in [0, 0.1) is 5.82 Å². The van der Waals surface area contributed by atoms with Crippen LogP contribution in [-0.4, -0.2) is 35.3 Å². The van der Waals surface area contributed by atoms with Crippen molar-refractivity contribution in [3.8, 4) is 0 Å². The molecule has 0 radical (unpaired) electrons. The van der Waals surface area contributed by atoms with Crippen molar-refractivity contribution >= 4 is 11.8 Å². The van der Waals surface area contributed by atoms with E-state index in [1.54, 1.807) is 12.1 Å². The molecule has 1 aliphatic carbocycles. The van der Waals surface area contributed by atoms with Crippen LogP contribution in [-0.2, 0) is 16.0 Å². The number of carbonyl (C=O) groups is 2. The first kappa shape index (κ1) is 13.1. The number of hydrogen-bond acceptors (Lipinski definition) is 2. The van der Waals surface area contributed by atoms with Crippen LogP contribution in [0.15, 0.2) is 24.3 Å². The van der Waals surface area contributed by atoms with Crippen LogP contribution in [0.5, 0.6) is 0 Å². The first-order chi connectivity index (χ1) is 9.61. The number of likely N-dealkylation sites (tertiary alicyclic amines) is 1. The highest BCUT2D eigenvalue weighted by atomic mass is 19.1. The van der Waals surface area contributed by atoms with E-state index >= 15 is 0 Å². The molecule has 106 valence electrons. The van der Waals surface area contributed by atoms with Crippen molar-refractivity contribution in [2.75, 3.05) is 6.54 Å². The predicted octanol–water partition coefficient (Wildman–Crippen LogP) is 1.25. The number of carbonyl (C=O) groups excluding carboxylic acids is 2. The third kappa shape index (κ3) is 2.98. The van der Waals surface area contributed by atoms with E-state index in [0.717, 1.165) is 18.4 Å². The van der Waals surface area contributed by atoms with Crippen LogP contribution >= 0.6 is 0 Å². The molecule has 2 fully saturated rings. The zero-order valence-corrected chi connectivity index (χ0v) is 11.1. The Morgan fingerprint density at radius 3 is 2.65 bits per heavy atom. The summed E-state index contributed by atoms with van der Waals surface area (Å²) in [4.78, 5) is 25.6. The summed E-state index contributed by atoms with van der Waals surface area (Å²) >= 11 is 0. The van der Waals surface area contributed by atoms with E-state index in [4.69, 9.17) is 0 Å². The standard InChI is InChI=1S/C15H17FN2O2/c16-11-3-1-10(2-4-11)7-14(19)17-12-8-15(20)18(9-12)13-5-6-13/h1-4,12-13H,5-9H2,(H,17,19)/t12-/m1/s1. The second-order valence-electron chi connectivity index (χ2n) is 5.55. The van der Waals surface area contributed by atoms with Gasteiger partial charge in [0.2, 0.25) is 11.8 Å². The lowest BCUT2D eigenvalue weighted by Crippen LogP contribution is -2.38. The Bertz CT molecular complexity index is 525. The molecule has 2 amide bonds. The number of halogens is 1. The minimum absolute atomic E-state index is 0.0870. The van der Waals surface area contributed by atoms with Crippen LogP contribution in [0.1, 0.15) is 24.8 Å². The van der Waals surface area contributed by atoms with Gasteiger partial charge in [-0.05, 0) is 30.5 Å². The quantitative estimate of drug-likeness (QED) is 0.899. The maximum Gasteiger partial charge on any atom is 0.225 e. The molecule has 2 aliphatic rings. The highest BCUT2D eigenvalue weighted by Gasteiger charge is 2.39. The number of hydrogen-bond donors (Lipinski definition) is 1. The predicted molar refractivity (Wildman–Crippen MR) is 71.4 cm³/mol. The van der Waals surface area contributed by atoms with Gasteiger partial charge >= 0.3 is 0 Å². The Morgan fingerprint density at radius 2 is 2.00 bits per heavy atom. The van der Waals surface area contributed by atoms with E-state index < -0.39 is 0 Å². The van der Waals surface area contributed by atoms with Crippen LogP contribution in [0.4, 0.5) is 4.39 Å². The van der Waals surface area contributed by atoms with Gasteiger partial charge in [0.05, 0.1) is 12.5 Å². The lowest BCUT2D eigenvalue weighted by Gasteiger charge is -2.16. The fraction of sp³-hybridized carbons (Fsp3) is 0.467. The maximum atomic E-state index is 12.8. The molecule has 1 aliphatic heterocycles. The van der Waals surface area contributed by atoms with E-state index in [2.05, 4.69) is 5.32 Å². The number of nitrogens with one attached hydrogen (secondary N) is 1. The molecule has 0 bridgehead atoms. The second-order valence-corrected chi connectivity index (χ2v) is 5.55. The summed E-state index contributed by atoms with van der Waals surface area (Å²) < 4.78 is 12.8. The van der Waals surface area contributed by atoms with E-state index in [0.29, 0.717) is 19.0 Å². The molecule has 1 saturated heterocycles. The van der Waals surface area contributed by atoms with Crippen molar-refractivity contribution in [1.82, 2.24) is 10.2 Å². The van der Waals surface area contributed by atoms with Gasteiger partial charge in [-0.15, -0.1) is 0 Å². The molecular weight excluding hydrogens is 259 g/mol. The zero-order chi connectivity index (χ0) is 14.1. The van der Waals surface area contributed by atoms with E-state index in [1.807, 2.05) is 4.90 Å². The third-order valence-electron chi connectivity index (χ3n) is 3.79. The highest BCUT2D eigenvalue weighted by molar-refractivity contribution is 5.83. The first-order valence-corrected chi connectivity index (χ1v) is 6.95. The highest BCUT2D eigenvalue weighted by Crippen LogP contribution is 2.30. The van der Waals surface area contributed by atoms with Gasteiger partial charge < -0.3 is 10.2 Å². The molecular formula is C15H17FN2O2. The van der Waals surface area contributed by atoms with Crippen LogP contribution in [0.2, 0.25) is 0 Å². The number of nitrogens with zero attached hydrogens (tertiary/aromatic N) is 1. The van der Waals surface area contributed by atoms with E-state index in [1.165, 1.54) is 12.1 Å². The Labute approximate surface area is 117 Å². The molecule has 5 heteroatoms. The molecule has 3 rings (SSSR count). The molecule has 0 spiro atoms. The second kappa shape index (κ2) is 5.23. The van der Waals surface area contributed by atoms with Crippen LogP contribution in [0.3, 0.4) is 0 Å². The van der Waals surface area contributed by atoms with Crippen LogP contribution in [0.25, 0.3) is 0 Å². The SMILES string of the molecule is O=C(Cc1ccc(F)cc1)N[C@@H]1CC(=O)N(C2CC2)C1. The molecule has 1 aromatic carbocycles. The van der Waals surface area contributed by atoms with Gasteiger partial charge in [0, 0.05) is 19.0 Å². The number of rotatable bonds is 4. The Balaban J connectivity index is 1.51. The maximum absolute atomic E-state index is 12.8. The molecule has 0 aromatic heterocycles. The minimum Gasteiger partial charge on any atom is -0.351 e. The molecule has 1 heterocycles. The Hall–Kier alpha value is -1.91. The third-order valence-corrected chi connectivity index (χ3v) is 3.79. The first-order valence-electron chi connectivity index (χ1n) is 6.95. The summed E-state index contributed by atoms with van der Waals surface area (Å²) in [6.07, 6.45) is 2.78. The average Bonchev–Trinajstić information content (AvgIpc) is 3.17. The van der Waals surface area contributed by atoms with Gasteiger partial charge in [-0.25, -0.2) is 4.39 Å². The van der Waals surface area contributed by atoms with Gasteiger partial charge in [0.25, 0.3) is 0 Å². The van der Waals surface area contributed by atoms with Crippen molar-refractivity contribution in [1.29, 1.82) is 0 Å². The molecule has 0 unspecified atom stereocenters. The van der Waals surface area contributed by atoms with Gasteiger partial charge in [-0.1, -0.05) is 12.1 Å². The molecule has 1 atom stereocenters. The topological polar surface area (TPSA) is 49.4 Å². The largest absolute Gasteiger partial charge is 0.351 e. The van der Waals surface area contributed by atoms with E-state index in [-0.39, 0.29) is 30.1 Å². The Kier molecular flexibility index (Phi) is 3.42. The molecule has 1 N–H and O–H groups in total. The fourth-order valence-electron chi connectivity index (χ4n) is 2.63. The summed E-state index contributed by atoms with van der Waals surface area (Å²) in [6.45, 7) is 0.624. The molecule has 1 saturated carbocycles. The Morgan fingerprint density at radius 1 is 1.30 bits per heavy atom. The zero-order valence-electron chi connectivity index (χ0n) is 11.1. The molecule has 4 nitrogen and oxygen atoms in total. The average molecular weight is 276 g/mol.